The van der Waals surface area contributed by atoms with Crippen LogP contribution in [0, 0.1) is 0 Å². The minimum absolute atomic E-state index is 0. The van der Waals surface area contributed by atoms with Crippen molar-refractivity contribution in [2.24, 2.45) is 4.99 Å². The molecule has 25 heavy (non-hydrogen) atoms. The number of anilines is 1. The number of rotatable bonds is 7. The number of guanidine groups is 1. The van der Waals surface area contributed by atoms with Crippen LogP contribution in [0.15, 0.2) is 23.2 Å². The van der Waals surface area contributed by atoms with Gasteiger partial charge in [0.25, 0.3) is 0 Å². The van der Waals surface area contributed by atoms with Gasteiger partial charge in [-0.2, -0.15) is 0 Å². The smallest absolute Gasteiger partial charge is 0.191 e. The molecule has 1 aliphatic heterocycles. The average Bonchev–Trinajstić information content (AvgIpc) is 3.03. The Balaban J connectivity index is 0.00000312. The fourth-order valence-corrected chi connectivity index (χ4v) is 2.94. The number of hydrogen-bond donors (Lipinski definition) is 2. The van der Waals surface area contributed by atoms with Gasteiger partial charge in [0.15, 0.2) is 5.96 Å². The van der Waals surface area contributed by atoms with Gasteiger partial charge in [-0.1, -0.05) is 11.6 Å². The van der Waals surface area contributed by atoms with E-state index < -0.39 is 0 Å². The summed E-state index contributed by atoms with van der Waals surface area (Å²) >= 11 is 6.15. The van der Waals surface area contributed by atoms with E-state index in [0.717, 1.165) is 48.5 Å². The molecule has 0 saturated carbocycles. The molecule has 1 fully saturated rings. The van der Waals surface area contributed by atoms with Crippen molar-refractivity contribution in [3.8, 4) is 5.75 Å². The van der Waals surface area contributed by atoms with Crippen molar-refractivity contribution in [2.75, 3.05) is 51.9 Å². The molecule has 0 bridgehead atoms. The molecule has 6 nitrogen and oxygen atoms in total. The fourth-order valence-electron chi connectivity index (χ4n) is 2.77. The van der Waals surface area contributed by atoms with Crippen LogP contribution in [0.1, 0.15) is 13.3 Å². The maximum absolute atomic E-state index is 6.15. The maximum atomic E-state index is 6.15. The molecule has 1 saturated heterocycles. The first-order valence-corrected chi connectivity index (χ1v) is 8.68. The molecule has 1 aromatic carbocycles. The lowest BCUT2D eigenvalue weighted by Gasteiger charge is -2.22. The number of benzene rings is 1. The summed E-state index contributed by atoms with van der Waals surface area (Å²) in [7, 11) is 3.37. The topological polar surface area (TPSA) is 58.1 Å². The van der Waals surface area contributed by atoms with Gasteiger partial charge >= 0.3 is 0 Å². The Morgan fingerprint density at radius 1 is 1.40 bits per heavy atom. The summed E-state index contributed by atoms with van der Waals surface area (Å²) in [4.78, 5) is 6.81. The maximum Gasteiger partial charge on any atom is 0.191 e. The zero-order valence-electron chi connectivity index (χ0n) is 15.0. The molecule has 0 radical (unpaired) electrons. The summed E-state index contributed by atoms with van der Waals surface area (Å²) in [5, 5.41) is 7.49. The first kappa shape index (κ1) is 22.1. The predicted octanol–water partition coefficient (Wildman–Crippen LogP) is 2.75. The van der Waals surface area contributed by atoms with E-state index in [9.17, 15) is 0 Å². The SMILES string of the molecule is CCNC(=NCCOC)NC1CCN(c2cc(Cl)ccc2OC)C1.I. The molecule has 8 heteroatoms. The van der Waals surface area contributed by atoms with Crippen molar-refractivity contribution in [3.63, 3.8) is 0 Å². The second-order valence-corrected chi connectivity index (χ2v) is 6.08. The molecule has 2 rings (SSSR count). The van der Waals surface area contributed by atoms with Crippen LogP contribution in [0.2, 0.25) is 5.02 Å². The zero-order chi connectivity index (χ0) is 17.4. The number of halogens is 2. The largest absolute Gasteiger partial charge is 0.495 e. The van der Waals surface area contributed by atoms with Crippen LogP contribution in [0.5, 0.6) is 5.75 Å². The minimum Gasteiger partial charge on any atom is -0.495 e. The van der Waals surface area contributed by atoms with Gasteiger partial charge in [-0.05, 0) is 31.5 Å². The van der Waals surface area contributed by atoms with E-state index in [4.69, 9.17) is 21.1 Å². The normalized spacial score (nSPS) is 17.2. The van der Waals surface area contributed by atoms with Crippen molar-refractivity contribution < 1.29 is 9.47 Å². The standard InChI is InChI=1S/C17H27ClN4O2.HI/c1-4-19-17(20-8-10-23-2)21-14-7-9-22(12-14)15-11-13(18)5-6-16(15)24-3;/h5-6,11,14H,4,7-10,12H2,1-3H3,(H2,19,20,21);1H. The van der Waals surface area contributed by atoms with E-state index in [1.807, 2.05) is 18.2 Å². The molecule has 142 valence electrons. The highest BCUT2D eigenvalue weighted by Gasteiger charge is 2.25. The quantitative estimate of drug-likeness (QED) is 0.271. The van der Waals surface area contributed by atoms with Gasteiger partial charge in [0.05, 0.1) is 25.9 Å². The molecule has 1 aromatic rings. The van der Waals surface area contributed by atoms with Crippen LogP contribution < -0.4 is 20.3 Å². The van der Waals surface area contributed by atoms with E-state index >= 15 is 0 Å². The second kappa shape index (κ2) is 11.6. The molecule has 1 heterocycles. The van der Waals surface area contributed by atoms with Gasteiger partial charge < -0.3 is 25.0 Å². The molecule has 2 N–H and O–H groups in total. The predicted molar refractivity (Wildman–Crippen MR) is 115 cm³/mol. The number of methoxy groups -OCH3 is 2. The van der Waals surface area contributed by atoms with Gasteiger partial charge in [-0.25, -0.2) is 0 Å². The summed E-state index contributed by atoms with van der Waals surface area (Å²) in [6.45, 7) is 5.98. The summed E-state index contributed by atoms with van der Waals surface area (Å²) in [6, 6.07) is 6.05. The molecule has 1 unspecified atom stereocenters. The Labute approximate surface area is 172 Å². The lowest BCUT2D eigenvalue weighted by Crippen LogP contribution is -2.44. The van der Waals surface area contributed by atoms with Gasteiger partial charge in [-0.15, -0.1) is 24.0 Å². The zero-order valence-corrected chi connectivity index (χ0v) is 18.1. The fraction of sp³-hybridized carbons (Fsp3) is 0.588. The summed E-state index contributed by atoms with van der Waals surface area (Å²) in [5.41, 5.74) is 1.04. The highest BCUT2D eigenvalue weighted by molar-refractivity contribution is 14.0. The van der Waals surface area contributed by atoms with Crippen LogP contribution in [0.4, 0.5) is 5.69 Å². The number of aliphatic imine (C=N–C) groups is 1. The van der Waals surface area contributed by atoms with Crippen LogP contribution >= 0.6 is 35.6 Å². The number of nitrogens with one attached hydrogen (secondary N) is 2. The minimum atomic E-state index is 0. The van der Waals surface area contributed by atoms with Crippen molar-refractivity contribution in [1.29, 1.82) is 0 Å². The summed E-state index contributed by atoms with van der Waals surface area (Å²) < 4.78 is 10.5. The highest BCUT2D eigenvalue weighted by Crippen LogP contribution is 2.33. The van der Waals surface area contributed by atoms with Gasteiger partial charge in [-0.3, -0.25) is 4.99 Å². The Kier molecular flexibility index (Phi) is 10.3. The Morgan fingerprint density at radius 2 is 2.20 bits per heavy atom. The molecular weight excluding hydrogens is 455 g/mol. The monoisotopic (exact) mass is 482 g/mol. The van der Waals surface area contributed by atoms with E-state index in [1.54, 1.807) is 14.2 Å². The van der Waals surface area contributed by atoms with E-state index in [0.29, 0.717) is 19.2 Å². The molecule has 1 aliphatic rings. The van der Waals surface area contributed by atoms with Crippen LogP contribution in [0.25, 0.3) is 0 Å². The second-order valence-electron chi connectivity index (χ2n) is 5.65. The summed E-state index contributed by atoms with van der Waals surface area (Å²) in [5.74, 6) is 1.68. The van der Waals surface area contributed by atoms with Crippen LogP contribution in [0.3, 0.4) is 0 Å². The van der Waals surface area contributed by atoms with Crippen LogP contribution in [-0.4, -0.2) is 59.0 Å². The third kappa shape index (κ3) is 6.71. The number of nitrogens with zero attached hydrogens (tertiary/aromatic N) is 2. The van der Waals surface area contributed by atoms with E-state index in [1.165, 1.54) is 0 Å². The third-order valence-electron chi connectivity index (χ3n) is 3.92. The van der Waals surface area contributed by atoms with E-state index in [-0.39, 0.29) is 24.0 Å². The van der Waals surface area contributed by atoms with Gasteiger partial charge in [0.1, 0.15) is 5.75 Å². The van der Waals surface area contributed by atoms with Crippen molar-refractivity contribution in [1.82, 2.24) is 10.6 Å². The lowest BCUT2D eigenvalue weighted by atomic mass is 10.2. The molecule has 0 amide bonds. The van der Waals surface area contributed by atoms with Crippen LogP contribution in [-0.2, 0) is 4.74 Å². The highest BCUT2D eigenvalue weighted by atomic mass is 127. The first-order chi connectivity index (χ1) is 11.7. The lowest BCUT2D eigenvalue weighted by molar-refractivity contribution is 0.208. The molecule has 0 aromatic heterocycles. The van der Waals surface area contributed by atoms with E-state index in [2.05, 4.69) is 27.4 Å². The average molecular weight is 483 g/mol. The summed E-state index contributed by atoms with van der Waals surface area (Å²) in [6.07, 6.45) is 1.03. The first-order valence-electron chi connectivity index (χ1n) is 8.30. The van der Waals surface area contributed by atoms with Gasteiger partial charge in [0, 0.05) is 37.8 Å². The number of hydrogen-bond acceptors (Lipinski definition) is 4. The van der Waals surface area contributed by atoms with Crippen molar-refractivity contribution >= 4 is 47.2 Å². The van der Waals surface area contributed by atoms with Gasteiger partial charge in [0.2, 0.25) is 0 Å². The Hall–Kier alpha value is -0.930. The Bertz CT molecular complexity index is 559. The molecule has 0 spiro atoms. The molecule has 1 atom stereocenters. The van der Waals surface area contributed by atoms with Crippen molar-refractivity contribution in [2.45, 2.75) is 19.4 Å². The molecule has 0 aliphatic carbocycles. The van der Waals surface area contributed by atoms with Crippen molar-refractivity contribution in [3.05, 3.63) is 23.2 Å². The third-order valence-corrected chi connectivity index (χ3v) is 4.16. The Morgan fingerprint density at radius 3 is 2.88 bits per heavy atom. The molecular formula is C17H28ClIN4O2. The number of ether oxygens (including phenoxy) is 2.